The van der Waals surface area contributed by atoms with Crippen molar-refractivity contribution in [1.82, 2.24) is 4.90 Å². The maximum atomic E-state index is 11.8. The van der Waals surface area contributed by atoms with Gasteiger partial charge < -0.3 is 14.4 Å². The van der Waals surface area contributed by atoms with Crippen molar-refractivity contribution in [3.05, 3.63) is 71.5 Å². The van der Waals surface area contributed by atoms with Crippen molar-refractivity contribution in [2.45, 2.75) is 13.5 Å². The van der Waals surface area contributed by atoms with Gasteiger partial charge in [0.15, 0.2) is 0 Å². The van der Waals surface area contributed by atoms with Crippen molar-refractivity contribution in [2.24, 2.45) is 0 Å². The molecule has 0 fully saturated rings. The van der Waals surface area contributed by atoms with Gasteiger partial charge in [0, 0.05) is 19.3 Å². The molecule has 6 nitrogen and oxygen atoms in total. The van der Waals surface area contributed by atoms with Gasteiger partial charge in [0.25, 0.3) is 0 Å². The highest BCUT2D eigenvalue weighted by Crippen LogP contribution is 2.11. The standard InChI is InChI=1S/C20H22N2O4/c1-4-5-11-22(14-16-9-7-6-8-10-16)15-17(13-21)12-18(19(23)25-2)20(24)26-3/h4-10,12,15H,11,14H2,1-3H3/b5-4+,17-15?. The van der Waals surface area contributed by atoms with Crippen molar-refractivity contribution in [3.8, 4) is 6.07 Å². The van der Waals surface area contributed by atoms with Crippen LogP contribution in [0.25, 0.3) is 0 Å². The lowest BCUT2D eigenvalue weighted by Crippen LogP contribution is -2.18. The maximum absolute atomic E-state index is 11.8. The number of hydrogen-bond acceptors (Lipinski definition) is 6. The normalized spacial score (nSPS) is 10.8. The Balaban J connectivity index is 3.19. The number of ether oxygens (including phenoxy) is 2. The van der Waals surface area contributed by atoms with Gasteiger partial charge in [-0.15, -0.1) is 0 Å². The number of carbonyl (C=O) groups is 2. The summed E-state index contributed by atoms with van der Waals surface area (Å²) in [4.78, 5) is 25.4. The number of carbonyl (C=O) groups excluding carboxylic acids is 2. The molecule has 0 heterocycles. The first-order chi connectivity index (χ1) is 12.5. The smallest absolute Gasteiger partial charge is 0.345 e. The Morgan fingerprint density at radius 2 is 1.77 bits per heavy atom. The first-order valence-corrected chi connectivity index (χ1v) is 7.95. The van der Waals surface area contributed by atoms with Gasteiger partial charge in [-0.3, -0.25) is 0 Å². The lowest BCUT2D eigenvalue weighted by Gasteiger charge is -2.19. The van der Waals surface area contributed by atoms with Gasteiger partial charge in [0.05, 0.1) is 19.8 Å². The molecule has 0 N–H and O–H groups in total. The van der Waals surface area contributed by atoms with Gasteiger partial charge in [-0.2, -0.15) is 5.26 Å². The van der Waals surface area contributed by atoms with Crippen LogP contribution in [0.3, 0.4) is 0 Å². The summed E-state index contributed by atoms with van der Waals surface area (Å²) in [6.45, 7) is 3.04. The van der Waals surface area contributed by atoms with Gasteiger partial charge in [0.2, 0.25) is 0 Å². The Morgan fingerprint density at radius 1 is 1.15 bits per heavy atom. The van der Waals surface area contributed by atoms with Crippen LogP contribution in [0.1, 0.15) is 12.5 Å². The van der Waals surface area contributed by atoms with Crippen molar-refractivity contribution in [2.75, 3.05) is 20.8 Å². The second-order valence-corrected chi connectivity index (χ2v) is 5.22. The first kappa shape index (κ1) is 20.7. The zero-order valence-electron chi connectivity index (χ0n) is 15.1. The number of esters is 2. The molecule has 0 spiro atoms. The number of methoxy groups -OCH3 is 2. The summed E-state index contributed by atoms with van der Waals surface area (Å²) in [5, 5.41) is 9.41. The van der Waals surface area contributed by atoms with Crippen LogP contribution in [-0.2, 0) is 25.6 Å². The highest BCUT2D eigenvalue weighted by atomic mass is 16.5. The van der Waals surface area contributed by atoms with E-state index >= 15 is 0 Å². The van der Waals surface area contributed by atoms with Gasteiger partial charge in [0.1, 0.15) is 11.6 Å². The third-order valence-corrected chi connectivity index (χ3v) is 3.37. The third-order valence-electron chi connectivity index (χ3n) is 3.37. The molecular weight excluding hydrogens is 332 g/mol. The monoisotopic (exact) mass is 354 g/mol. The summed E-state index contributed by atoms with van der Waals surface area (Å²) in [6.07, 6.45) is 6.62. The fourth-order valence-electron chi connectivity index (χ4n) is 2.09. The number of benzene rings is 1. The number of rotatable bonds is 8. The largest absolute Gasteiger partial charge is 0.465 e. The Kier molecular flexibility index (Phi) is 8.97. The highest BCUT2D eigenvalue weighted by molar-refractivity contribution is 6.14. The molecule has 0 saturated carbocycles. The van der Waals surface area contributed by atoms with E-state index in [2.05, 4.69) is 9.47 Å². The average molecular weight is 354 g/mol. The van der Waals surface area contributed by atoms with Gasteiger partial charge in [-0.05, 0) is 18.6 Å². The minimum Gasteiger partial charge on any atom is -0.465 e. The van der Waals surface area contributed by atoms with Crippen LogP contribution in [0.2, 0.25) is 0 Å². The molecule has 1 aromatic rings. The van der Waals surface area contributed by atoms with E-state index in [1.54, 1.807) is 6.20 Å². The summed E-state index contributed by atoms with van der Waals surface area (Å²) in [7, 11) is 2.31. The zero-order chi connectivity index (χ0) is 19.4. The fraction of sp³-hybridized carbons (Fsp3) is 0.250. The molecule has 0 radical (unpaired) electrons. The van der Waals surface area contributed by atoms with Crippen LogP contribution < -0.4 is 0 Å². The maximum Gasteiger partial charge on any atom is 0.345 e. The summed E-state index contributed by atoms with van der Waals surface area (Å²) >= 11 is 0. The van der Waals surface area contributed by atoms with E-state index in [-0.39, 0.29) is 11.1 Å². The van der Waals surface area contributed by atoms with Crippen LogP contribution in [0.5, 0.6) is 0 Å². The lowest BCUT2D eigenvalue weighted by molar-refractivity contribution is -0.144. The molecule has 0 aliphatic rings. The van der Waals surface area contributed by atoms with E-state index in [0.717, 1.165) is 19.8 Å². The molecule has 0 unspecified atom stereocenters. The number of hydrogen-bond donors (Lipinski definition) is 0. The van der Waals surface area contributed by atoms with E-state index in [1.807, 2.05) is 60.4 Å². The molecule has 0 aromatic heterocycles. The predicted octanol–water partition coefficient (Wildman–Crippen LogP) is 2.74. The second kappa shape index (κ2) is 11.3. The molecule has 1 rings (SSSR count). The molecule has 0 atom stereocenters. The van der Waals surface area contributed by atoms with Gasteiger partial charge in [-0.25, -0.2) is 9.59 Å². The number of nitrogens with zero attached hydrogens (tertiary/aromatic N) is 2. The average Bonchev–Trinajstić information content (AvgIpc) is 2.68. The summed E-state index contributed by atoms with van der Waals surface area (Å²) < 4.78 is 9.15. The molecule has 0 bridgehead atoms. The molecule has 1 aromatic carbocycles. The van der Waals surface area contributed by atoms with Crippen molar-refractivity contribution in [3.63, 3.8) is 0 Å². The van der Waals surface area contributed by atoms with Crippen LogP contribution in [-0.4, -0.2) is 37.6 Å². The third kappa shape index (κ3) is 6.65. The summed E-state index contributed by atoms with van der Waals surface area (Å²) in [5.74, 6) is -1.72. The van der Waals surface area contributed by atoms with Crippen LogP contribution in [0.4, 0.5) is 0 Å². The quantitative estimate of drug-likeness (QED) is 0.136. The first-order valence-electron chi connectivity index (χ1n) is 7.95. The molecule has 0 saturated heterocycles. The summed E-state index contributed by atoms with van der Waals surface area (Å²) in [5.41, 5.74) is 0.861. The molecule has 0 amide bonds. The Bertz CT molecular complexity index is 725. The van der Waals surface area contributed by atoms with Gasteiger partial charge >= 0.3 is 11.9 Å². The predicted molar refractivity (Wildman–Crippen MR) is 97.5 cm³/mol. The second-order valence-electron chi connectivity index (χ2n) is 5.22. The van der Waals surface area contributed by atoms with Crippen LogP contribution >= 0.6 is 0 Å². The van der Waals surface area contributed by atoms with E-state index in [0.29, 0.717) is 13.1 Å². The van der Waals surface area contributed by atoms with E-state index in [1.165, 1.54) is 6.08 Å². The van der Waals surface area contributed by atoms with Crippen molar-refractivity contribution < 1.29 is 19.1 Å². The van der Waals surface area contributed by atoms with E-state index < -0.39 is 11.9 Å². The Morgan fingerprint density at radius 3 is 2.27 bits per heavy atom. The zero-order valence-corrected chi connectivity index (χ0v) is 15.1. The molecule has 26 heavy (non-hydrogen) atoms. The van der Waals surface area contributed by atoms with Crippen LogP contribution in [0.15, 0.2) is 65.9 Å². The molecule has 136 valence electrons. The van der Waals surface area contributed by atoms with Gasteiger partial charge in [-0.1, -0.05) is 42.5 Å². The van der Waals surface area contributed by atoms with Crippen molar-refractivity contribution in [1.29, 1.82) is 5.26 Å². The Labute approximate surface area is 153 Å². The Hall–Kier alpha value is -3.33. The van der Waals surface area contributed by atoms with E-state index in [4.69, 9.17) is 0 Å². The fourth-order valence-corrected chi connectivity index (χ4v) is 2.09. The topological polar surface area (TPSA) is 79.6 Å². The molecule has 0 aliphatic heterocycles. The molecular formula is C20H22N2O4. The van der Waals surface area contributed by atoms with Crippen LogP contribution in [0, 0.1) is 11.3 Å². The molecule has 0 aliphatic carbocycles. The minimum absolute atomic E-state index is 0.135. The van der Waals surface area contributed by atoms with E-state index in [9.17, 15) is 14.9 Å². The SMILES string of the molecule is C/C=C/CN(C=C(C#N)C=C(C(=O)OC)C(=O)OC)Cc1ccccc1. The highest BCUT2D eigenvalue weighted by Gasteiger charge is 2.20. The number of allylic oxidation sites excluding steroid dienone is 3. The number of nitriles is 1. The summed E-state index contributed by atoms with van der Waals surface area (Å²) in [6, 6.07) is 11.7. The minimum atomic E-state index is -0.860. The molecule has 6 heteroatoms. The van der Waals surface area contributed by atoms with Crippen molar-refractivity contribution >= 4 is 11.9 Å². The lowest BCUT2D eigenvalue weighted by atomic mass is 10.1.